The minimum atomic E-state index is 0.870. The van der Waals surface area contributed by atoms with Gasteiger partial charge in [0.1, 0.15) is 0 Å². The van der Waals surface area contributed by atoms with Gasteiger partial charge in [0.15, 0.2) is 0 Å². The summed E-state index contributed by atoms with van der Waals surface area (Å²) in [7, 11) is 0. The summed E-state index contributed by atoms with van der Waals surface area (Å²) >= 11 is 0. The highest BCUT2D eigenvalue weighted by atomic mass is 15.3. The first-order valence-electron chi connectivity index (χ1n) is 8.85. The fraction of sp³-hybridized carbons (Fsp3) is 0.261. The first-order valence-corrected chi connectivity index (χ1v) is 8.85. The van der Waals surface area contributed by atoms with E-state index in [4.69, 9.17) is 5.10 Å². The van der Waals surface area contributed by atoms with Gasteiger partial charge in [-0.1, -0.05) is 71.3 Å². The quantitative estimate of drug-likeness (QED) is 0.520. The van der Waals surface area contributed by atoms with E-state index < -0.39 is 0 Å². The molecule has 0 heterocycles. The highest BCUT2D eigenvalue weighted by Gasteiger charge is 2.11. The standard InChI is InChI=1S/C23H26N2/c1-16-10-11-20(14-16)15-22(21-8-6-5-7-9-21)24-25-23-18(3)12-17(2)13-19(23)4/h5-10,12-14,25H,11,15H2,1-4H3. The van der Waals surface area contributed by atoms with Crippen molar-refractivity contribution in [3.8, 4) is 0 Å². The van der Waals surface area contributed by atoms with Crippen molar-refractivity contribution in [3.63, 3.8) is 0 Å². The number of nitrogens with zero attached hydrogens (tertiary/aromatic N) is 1. The molecule has 0 saturated heterocycles. The maximum absolute atomic E-state index is 4.81. The van der Waals surface area contributed by atoms with Crippen molar-refractivity contribution in [1.29, 1.82) is 0 Å². The number of benzene rings is 2. The summed E-state index contributed by atoms with van der Waals surface area (Å²) in [4.78, 5) is 0. The lowest BCUT2D eigenvalue weighted by molar-refractivity contribution is 1.14. The van der Waals surface area contributed by atoms with Gasteiger partial charge in [0.25, 0.3) is 0 Å². The van der Waals surface area contributed by atoms with Crippen LogP contribution in [-0.4, -0.2) is 5.71 Å². The van der Waals surface area contributed by atoms with E-state index in [1.54, 1.807) is 0 Å². The average Bonchev–Trinajstić information content (AvgIpc) is 2.98. The Balaban J connectivity index is 1.89. The zero-order valence-electron chi connectivity index (χ0n) is 15.6. The molecular weight excluding hydrogens is 304 g/mol. The largest absolute Gasteiger partial charge is 0.278 e. The van der Waals surface area contributed by atoms with Crippen molar-refractivity contribution in [2.24, 2.45) is 5.10 Å². The van der Waals surface area contributed by atoms with E-state index in [1.165, 1.54) is 33.4 Å². The third-order valence-electron chi connectivity index (χ3n) is 4.60. The van der Waals surface area contributed by atoms with E-state index >= 15 is 0 Å². The van der Waals surface area contributed by atoms with Crippen molar-refractivity contribution in [2.75, 3.05) is 5.43 Å². The molecule has 0 aliphatic heterocycles. The highest BCUT2D eigenvalue weighted by Crippen LogP contribution is 2.24. The number of hydrogen-bond donors (Lipinski definition) is 1. The molecule has 1 aliphatic rings. The summed E-state index contributed by atoms with van der Waals surface area (Å²) in [6, 6.07) is 14.8. The second-order valence-electron chi connectivity index (χ2n) is 6.94. The fourth-order valence-electron chi connectivity index (χ4n) is 3.39. The molecule has 0 amide bonds. The zero-order chi connectivity index (χ0) is 17.8. The van der Waals surface area contributed by atoms with Crippen LogP contribution in [-0.2, 0) is 0 Å². The van der Waals surface area contributed by atoms with Crippen LogP contribution in [0.25, 0.3) is 0 Å². The number of hydrazone groups is 1. The van der Waals surface area contributed by atoms with E-state index in [1.807, 2.05) is 6.07 Å². The molecule has 0 saturated carbocycles. The molecule has 3 rings (SSSR count). The van der Waals surface area contributed by atoms with Crippen molar-refractivity contribution in [1.82, 2.24) is 0 Å². The summed E-state index contributed by atoms with van der Waals surface area (Å²) in [5.74, 6) is 0. The Morgan fingerprint density at radius 1 is 1.00 bits per heavy atom. The molecular formula is C23H26N2. The van der Waals surface area contributed by atoms with Gasteiger partial charge in [0.05, 0.1) is 11.4 Å². The smallest absolute Gasteiger partial charge is 0.0720 e. The molecule has 25 heavy (non-hydrogen) atoms. The van der Waals surface area contributed by atoms with E-state index in [9.17, 15) is 0 Å². The van der Waals surface area contributed by atoms with Gasteiger partial charge in [-0.05, 0) is 50.8 Å². The molecule has 0 aromatic heterocycles. The predicted octanol–water partition coefficient (Wildman–Crippen LogP) is 6.09. The molecule has 2 heteroatoms. The molecule has 2 aromatic carbocycles. The summed E-state index contributed by atoms with van der Waals surface area (Å²) in [5, 5.41) is 4.81. The number of nitrogens with one attached hydrogen (secondary N) is 1. The van der Waals surface area contributed by atoms with Crippen molar-refractivity contribution >= 4 is 11.4 Å². The van der Waals surface area contributed by atoms with Crippen LogP contribution in [0, 0.1) is 20.8 Å². The Morgan fingerprint density at radius 3 is 2.28 bits per heavy atom. The minimum absolute atomic E-state index is 0.870. The minimum Gasteiger partial charge on any atom is -0.278 e. The monoisotopic (exact) mass is 330 g/mol. The van der Waals surface area contributed by atoms with Crippen LogP contribution in [0.5, 0.6) is 0 Å². The first-order chi connectivity index (χ1) is 12.0. The van der Waals surface area contributed by atoms with Gasteiger partial charge in [-0.3, -0.25) is 5.43 Å². The lowest BCUT2D eigenvalue weighted by atomic mass is 10.0. The van der Waals surface area contributed by atoms with Crippen LogP contribution >= 0.6 is 0 Å². The van der Waals surface area contributed by atoms with E-state index in [2.05, 4.69) is 81.7 Å². The summed E-state index contributed by atoms with van der Waals surface area (Å²) in [6.07, 6.45) is 6.45. The molecule has 128 valence electrons. The lowest BCUT2D eigenvalue weighted by Gasteiger charge is -2.13. The second-order valence-corrected chi connectivity index (χ2v) is 6.94. The van der Waals surface area contributed by atoms with Crippen molar-refractivity contribution in [3.05, 3.63) is 88.0 Å². The van der Waals surface area contributed by atoms with E-state index in [0.717, 1.165) is 24.2 Å². The number of rotatable bonds is 5. The van der Waals surface area contributed by atoms with Crippen LogP contribution in [0.4, 0.5) is 5.69 Å². The molecule has 2 nitrogen and oxygen atoms in total. The molecule has 0 atom stereocenters. The lowest BCUT2D eigenvalue weighted by Crippen LogP contribution is -2.07. The summed E-state index contributed by atoms with van der Waals surface area (Å²) in [5.41, 5.74) is 13.2. The highest BCUT2D eigenvalue weighted by molar-refractivity contribution is 6.02. The predicted molar refractivity (Wildman–Crippen MR) is 108 cm³/mol. The van der Waals surface area contributed by atoms with Gasteiger partial charge >= 0.3 is 0 Å². The van der Waals surface area contributed by atoms with Crippen molar-refractivity contribution in [2.45, 2.75) is 40.5 Å². The Kier molecular flexibility index (Phi) is 5.18. The number of allylic oxidation sites excluding steroid dienone is 4. The normalized spacial score (nSPS) is 14.3. The zero-order valence-corrected chi connectivity index (χ0v) is 15.6. The van der Waals surface area contributed by atoms with Gasteiger partial charge in [-0.25, -0.2) is 0 Å². The van der Waals surface area contributed by atoms with E-state index in [-0.39, 0.29) is 0 Å². The maximum atomic E-state index is 4.81. The summed E-state index contributed by atoms with van der Waals surface area (Å²) < 4.78 is 0. The molecule has 1 N–H and O–H groups in total. The van der Waals surface area contributed by atoms with Crippen LogP contribution in [0.1, 0.15) is 42.0 Å². The Bertz CT molecular complexity index is 832. The number of aryl methyl sites for hydroxylation is 3. The molecule has 2 aromatic rings. The van der Waals surface area contributed by atoms with Crippen LogP contribution in [0.2, 0.25) is 0 Å². The molecule has 0 bridgehead atoms. The fourth-order valence-corrected chi connectivity index (χ4v) is 3.39. The SMILES string of the molecule is CC1=CCC(CC(=NNc2c(C)cc(C)cc2C)c2ccccc2)=C1. The van der Waals surface area contributed by atoms with Gasteiger partial charge < -0.3 is 0 Å². The van der Waals surface area contributed by atoms with Gasteiger partial charge in [-0.15, -0.1) is 0 Å². The number of anilines is 1. The third-order valence-corrected chi connectivity index (χ3v) is 4.60. The van der Waals surface area contributed by atoms with Gasteiger partial charge in [-0.2, -0.15) is 5.10 Å². The van der Waals surface area contributed by atoms with Crippen LogP contribution < -0.4 is 5.43 Å². The average molecular weight is 330 g/mol. The second kappa shape index (κ2) is 7.52. The Labute approximate surface area is 151 Å². The molecule has 0 spiro atoms. The van der Waals surface area contributed by atoms with Crippen LogP contribution in [0.3, 0.4) is 0 Å². The topological polar surface area (TPSA) is 24.4 Å². The third kappa shape index (κ3) is 4.27. The first kappa shape index (κ1) is 17.2. The Morgan fingerprint density at radius 2 is 1.68 bits per heavy atom. The van der Waals surface area contributed by atoms with E-state index in [0.29, 0.717) is 0 Å². The van der Waals surface area contributed by atoms with Gasteiger partial charge in [0, 0.05) is 6.42 Å². The molecule has 0 fully saturated rings. The summed E-state index contributed by atoms with van der Waals surface area (Å²) in [6.45, 7) is 8.55. The maximum Gasteiger partial charge on any atom is 0.0720 e. The molecule has 0 radical (unpaired) electrons. The van der Waals surface area contributed by atoms with Gasteiger partial charge in [0.2, 0.25) is 0 Å². The number of hydrogen-bond acceptors (Lipinski definition) is 2. The van der Waals surface area contributed by atoms with Crippen molar-refractivity contribution < 1.29 is 0 Å². The molecule has 1 aliphatic carbocycles. The Hall–Kier alpha value is -2.61. The van der Waals surface area contributed by atoms with Crippen LogP contribution in [0.15, 0.2) is 70.9 Å². The molecule has 0 unspecified atom stereocenters.